The molecule has 5 rings (SSSR count). The van der Waals surface area contributed by atoms with Crippen LogP contribution >= 0.6 is 11.3 Å². The summed E-state index contributed by atoms with van der Waals surface area (Å²) in [6, 6.07) is 14.6. The maximum atomic E-state index is 11.6. The number of hydrazone groups is 1. The molecular formula is C27H30N4O6S. The molecule has 0 bridgehead atoms. The summed E-state index contributed by atoms with van der Waals surface area (Å²) >= 11 is 1.77. The van der Waals surface area contributed by atoms with Gasteiger partial charge in [0, 0.05) is 47.6 Å². The normalized spacial score (nSPS) is 15.2. The standard InChI is InChI=1S/C25H28N4O2S.C2H2O4/c30-25-9-7-19-6-8-20(18-22(19)27-25)31-16-2-1-12-28-13-11-26-29(15-14-28)23-4-3-5-24-21(23)10-17-32-24;3-1(4)2(5)6/h3-6,8,10-11,17-18H,1-2,7,9,12-16H2,(H,27,30);(H,3,4)(H,5,6). The number of amides is 1. The lowest BCUT2D eigenvalue weighted by atomic mass is 10.0. The van der Waals surface area contributed by atoms with Crippen LogP contribution in [0.4, 0.5) is 11.4 Å². The van der Waals surface area contributed by atoms with Crippen LogP contribution in [0.25, 0.3) is 10.1 Å². The number of nitrogens with one attached hydrogen (secondary N) is 1. The number of anilines is 2. The molecule has 2 aliphatic heterocycles. The summed E-state index contributed by atoms with van der Waals surface area (Å²) in [5.74, 6) is -2.74. The summed E-state index contributed by atoms with van der Waals surface area (Å²) in [6.07, 6.45) is 5.47. The molecule has 2 aromatic carbocycles. The molecule has 0 aliphatic carbocycles. The molecule has 200 valence electrons. The largest absolute Gasteiger partial charge is 0.494 e. The predicted octanol–water partition coefficient (Wildman–Crippen LogP) is 3.91. The van der Waals surface area contributed by atoms with Crippen molar-refractivity contribution in [2.45, 2.75) is 25.7 Å². The van der Waals surface area contributed by atoms with Gasteiger partial charge in [-0.3, -0.25) is 14.7 Å². The molecule has 11 heteroatoms. The zero-order valence-electron chi connectivity index (χ0n) is 20.8. The molecule has 1 amide bonds. The Balaban J connectivity index is 0.000000505. The van der Waals surface area contributed by atoms with E-state index in [0.29, 0.717) is 13.0 Å². The molecule has 0 atom stereocenters. The number of carboxylic acids is 2. The quantitative estimate of drug-likeness (QED) is 0.305. The number of fused-ring (bicyclic) bond motifs is 2. The van der Waals surface area contributed by atoms with Gasteiger partial charge in [0.25, 0.3) is 0 Å². The van der Waals surface area contributed by atoms with Gasteiger partial charge < -0.3 is 20.3 Å². The Hall–Kier alpha value is -3.96. The van der Waals surface area contributed by atoms with E-state index in [1.165, 1.54) is 21.3 Å². The number of nitrogens with zero attached hydrogens (tertiary/aromatic N) is 3. The molecule has 38 heavy (non-hydrogen) atoms. The lowest BCUT2D eigenvalue weighted by Gasteiger charge is -2.22. The van der Waals surface area contributed by atoms with Gasteiger partial charge >= 0.3 is 11.9 Å². The highest BCUT2D eigenvalue weighted by molar-refractivity contribution is 7.17. The molecule has 3 aromatic rings. The first kappa shape index (κ1) is 27.1. The fourth-order valence-electron chi connectivity index (χ4n) is 4.29. The number of hydrogen-bond acceptors (Lipinski definition) is 8. The van der Waals surface area contributed by atoms with Crippen LogP contribution in [0.15, 0.2) is 52.9 Å². The van der Waals surface area contributed by atoms with E-state index in [1.54, 1.807) is 11.3 Å². The number of carboxylic acid groups (broad SMARTS) is 2. The Labute approximate surface area is 224 Å². The Bertz CT molecular complexity index is 1310. The first-order chi connectivity index (χ1) is 18.4. The number of aryl methyl sites for hydroxylation is 1. The van der Waals surface area contributed by atoms with Gasteiger partial charge in [0.1, 0.15) is 5.75 Å². The third-order valence-corrected chi connectivity index (χ3v) is 7.12. The Kier molecular flexibility index (Phi) is 9.28. The Morgan fingerprint density at radius 3 is 2.71 bits per heavy atom. The second-order valence-corrected chi connectivity index (χ2v) is 9.81. The monoisotopic (exact) mass is 538 g/mol. The summed E-state index contributed by atoms with van der Waals surface area (Å²) in [5, 5.41) is 28.0. The van der Waals surface area contributed by atoms with Gasteiger partial charge in [-0.05, 0) is 61.0 Å². The van der Waals surface area contributed by atoms with Gasteiger partial charge in [0.2, 0.25) is 5.91 Å². The molecule has 3 heterocycles. The van der Waals surface area contributed by atoms with Gasteiger partial charge in [0.15, 0.2) is 0 Å². The van der Waals surface area contributed by atoms with Gasteiger partial charge in [-0.2, -0.15) is 5.10 Å². The third kappa shape index (κ3) is 7.30. The van der Waals surface area contributed by atoms with Crippen molar-refractivity contribution in [3.05, 3.63) is 53.4 Å². The van der Waals surface area contributed by atoms with Crippen molar-refractivity contribution in [1.82, 2.24) is 4.90 Å². The minimum Gasteiger partial charge on any atom is -0.494 e. The number of carbonyl (C=O) groups is 3. The number of rotatable bonds is 7. The number of benzene rings is 2. The smallest absolute Gasteiger partial charge is 0.414 e. The lowest BCUT2D eigenvalue weighted by Crippen LogP contribution is -2.31. The van der Waals surface area contributed by atoms with E-state index in [-0.39, 0.29) is 5.91 Å². The number of ether oxygens (including phenoxy) is 1. The minimum absolute atomic E-state index is 0.0845. The van der Waals surface area contributed by atoms with Gasteiger partial charge in [-0.25, -0.2) is 9.59 Å². The molecule has 0 fully saturated rings. The second-order valence-electron chi connectivity index (χ2n) is 8.86. The molecule has 0 saturated heterocycles. The third-order valence-electron chi connectivity index (χ3n) is 6.24. The Morgan fingerprint density at radius 2 is 1.89 bits per heavy atom. The predicted molar refractivity (Wildman–Crippen MR) is 147 cm³/mol. The maximum Gasteiger partial charge on any atom is 0.414 e. The number of unbranched alkanes of at least 4 members (excludes halogenated alkanes) is 1. The summed E-state index contributed by atoms with van der Waals surface area (Å²) in [6.45, 7) is 4.48. The van der Waals surface area contributed by atoms with E-state index in [4.69, 9.17) is 29.6 Å². The van der Waals surface area contributed by atoms with Crippen LogP contribution < -0.4 is 15.1 Å². The highest BCUT2D eigenvalue weighted by atomic mass is 32.1. The van der Waals surface area contributed by atoms with Crippen molar-refractivity contribution in [2.24, 2.45) is 5.10 Å². The van der Waals surface area contributed by atoms with Crippen LogP contribution in [0.5, 0.6) is 5.75 Å². The van der Waals surface area contributed by atoms with Crippen LogP contribution in [-0.2, 0) is 20.8 Å². The van der Waals surface area contributed by atoms with Crippen molar-refractivity contribution in [3.63, 3.8) is 0 Å². The van der Waals surface area contributed by atoms with Crippen molar-refractivity contribution in [1.29, 1.82) is 0 Å². The molecule has 1 aromatic heterocycles. The van der Waals surface area contributed by atoms with Crippen LogP contribution in [0.3, 0.4) is 0 Å². The molecule has 0 spiro atoms. The number of thiophene rings is 1. The summed E-state index contributed by atoms with van der Waals surface area (Å²) in [4.78, 5) is 32.2. The van der Waals surface area contributed by atoms with Gasteiger partial charge in [-0.1, -0.05) is 12.1 Å². The zero-order valence-corrected chi connectivity index (χ0v) is 21.7. The first-order valence-electron chi connectivity index (χ1n) is 12.4. The van der Waals surface area contributed by atoms with Crippen molar-refractivity contribution >= 4 is 56.9 Å². The van der Waals surface area contributed by atoms with E-state index < -0.39 is 11.9 Å². The lowest BCUT2D eigenvalue weighted by molar-refractivity contribution is -0.159. The highest BCUT2D eigenvalue weighted by Gasteiger charge is 2.16. The molecule has 10 nitrogen and oxygen atoms in total. The molecule has 0 unspecified atom stereocenters. The van der Waals surface area contributed by atoms with Crippen molar-refractivity contribution in [3.8, 4) is 5.75 Å². The van der Waals surface area contributed by atoms with Crippen LogP contribution in [0.2, 0.25) is 0 Å². The Morgan fingerprint density at radius 1 is 1.05 bits per heavy atom. The molecule has 3 N–H and O–H groups in total. The van der Waals surface area contributed by atoms with E-state index in [9.17, 15) is 4.79 Å². The van der Waals surface area contributed by atoms with E-state index in [0.717, 1.165) is 56.9 Å². The van der Waals surface area contributed by atoms with Crippen LogP contribution in [0.1, 0.15) is 24.8 Å². The topological polar surface area (TPSA) is 132 Å². The van der Waals surface area contributed by atoms with Gasteiger partial charge in [0.05, 0.1) is 18.8 Å². The van der Waals surface area contributed by atoms with Crippen LogP contribution in [-0.4, -0.2) is 72.0 Å². The van der Waals surface area contributed by atoms with Crippen molar-refractivity contribution < 1.29 is 29.3 Å². The average Bonchev–Trinajstić information content (AvgIpc) is 3.27. The minimum atomic E-state index is -1.82. The SMILES string of the molecule is O=C(O)C(=O)O.O=C1CCc2ccc(OCCCCN3CC=NN(c4cccc5sccc45)CC3)cc2N1. The number of aliphatic carboxylic acids is 2. The highest BCUT2D eigenvalue weighted by Crippen LogP contribution is 2.31. The first-order valence-corrected chi connectivity index (χ1v) is 13.3. The summed E-state index contributed by atoms with van der Waals surface area (Å²) in [7, 11) is 0. The fraction of sp³-hybridized carbons (Fsp3) is 0.333. The average molecular weight is 539 g/mol. The van der Waals surface area contributed by atoms with E-state index >= 15 is 0 Å². The molecule has 2 aliphatic rings. The fourth-order valence-corrected chi connectivity index (χ4v) is 5.10. The second kappa shape index (κ2) is 13.0. The maximum absolute atomic E-state index is 11.6. The number of carbonyl (C=O) groups excluding carboxylic acids is 1. The molecule has 0 saturated carbocycles. The number of hydrogen-bond donors (Lipinski definition) is 3. The summed E-state index contributed by atoms with van der Waals surface area (Å²) in [5.41, 5.74) is 3.27. The molecule has 0 radical (unpaired) electrons. The van der Waals surface area contributed by atoms with Gasteiger partial charge in [-0.15, -0.1) is 11.3 Å². The van der Waals surface area contributed by atoms with E-state index in [2.05, 4.69) is 50.9 Å². The molecular weight excluding hydrogens is 508 g/mol. The van der Waals surface area contributed by atoms with Crippen LogP contribution in [0, 0.1) is 0 Å². The van der Waals surface area contributed by atoms with Crippen molar-refractivity contribution in [2.75, 3.05) is 43.1 Å². The van der Waals surface area contributed by atoms with E-state index in [1.807, 2.05) is 18.3 Å². The summed E-state index contributed by atoms with van der Waals surface area (Å²) < 4.78 is 7.23. The zero-order chi connectivity index (χ0) is 26.9.